The molecule has 0 aliphatic rings. The highest BCUT2D eigenvalue weighted by atomic mass is 35.5. The van der Waals surface area contributed by atoms with E-state index in [1.165, 1.54) is 7.11 Å². The molecule has 2 aromatic rings. The van der Waals surface area contributed by atoms with Gasteiger partial charge in [-0.3, -0.25) is 4.79 Å². The van der Waals surface area contributed by atoms with Gasteiger partial charge in [-0.15, -0.1) is 5.10 Å². The van der Waals surface area contributed by atoms with Crippen molar-refractivity contribution < 1.29 is 14.3 Å². The Morgan fingerprint density at radius 1 is 1.36 bits per heavy atom. The number of aromatic amines is 1. The van der Waals surface area contributed by atoms with E-state index in [4.69, 9.17) is 21.1 Å². The number of H-pyrrole nitrogens is 1. The molecule has 0 fully saturated rings. The smallest absolute Gasteiger partial charge is 0.263 e. The molecule has 0 saturated carbocycles. The standard InChI is InChI=1S/C15H21ClN6O3/c1-15(2,3)18-12(23)8-25-13-10(16)5-9(6-11(13)24-4)7-17-14-19-21-22-20-14/h5-6H,7-8H2,1-4H3,(H,18,23)(H2,17,19,20,21,22). The van der Waals surface area contributed by atoms with Crippen LogP contribution < -0.4 is 20.1 Å². The number of nitrogens with one attached hydrogen (secondary N) is 3. The molecule has 2 rings (SSSR count). The highest BCUT2D eigenvalue weighted by Crippen LogP contribution is 2.36. The maximum atomic E-state index is 11.9. The molecule has 136 valence electrons. The zero-order valence-electron chi connectivity index (χ0n) is 14.5. The lowest BCUT2D eigenvalue weighted by Crippen LogP contribution is -2.43. The molecular weight excluding hydrogens is 348 g/mol. The van der Waals surface area contributed by atoms with Gasteiger partial charge in [0.05, 0.1) is 12.1 Å². The Balaban J connectivity index is 2.04. The van der Waals surface area contributed by atoms with Crippen LogP contribution in [0.25, 0.3) is 0 Å². The molecule has 1 amide bonds. The van der Waals surface area contributed by atoms with Crippen LogP contribution in [0.2, 0.25) is 5.02 Å². The van der Waals surface area contributed by atoms with E-state index < -0.39 is 0 Å². The van der Waals surface area contributed by atoms with Crippen molar-refractivity contribution >= 4 is 23.5 Å². The molecule has 0 atom stereocenters. The van der Waals surface area contributed by atoms with Crippen molar-refractivity contribution in [3.8, 4) is 11.5 Å². The van der Waals surface area contributed by atoms with Crippen LogP contribution in [0.5, 0.6) is 11.5 Å². The lowest BCUT2D eigenvalue weighted by molar-refractivity contribution is -0.124. The van der Waals surface area contributed by atoms with Crippen molar-refractivity contribution in [1.82, 2.24) is 25.9 Å². The van der Waals surface area contributed by atoms with Gasteiger partial charge in [0.1, 0.15) is 0 Å². The number of rotatable bonds is 7. The van der Waals surface area contributed by atoms with Gasteiger partial charge in [-0.2, -0.15) is 5.21 Å². The number of hydrogen-bond acceptors (Lipinski definition) is 7. The summed E-state index contributed by atoms with van der Waals surface area (Å²) < 4.78 is 10.9. The van der Waals surface area contributed by atoms with Crippen LogP contribution in [-0.2, 0) is 11.3 Å². The number of halogens is 1. The molecule has 9 nitrogen and oxygen atoms in total. The number of nitrogens with zero attached hydrogens (tertiary/aromatic N) is 3. The summed E-state index contributed by atoms with van der Waals surface area (Å²) in [4.78, 5) is 11.9. The fraction of sp³-hybridized carbons (Fsp3) is 0.467. The number of amides is 1. The van der Waals surface area contributed by atoms with Crippen LogP contribution >= 0.6 is 11.6 Å². The highest BCUT2D eigenvalue weighted by molar-refractivity contribution is 6.32. The molecule has 0 radical (unpaired) electrons. The van der Waals surface area contributed by atoms with Gasteiger partial charge in [0.25, 0.3) is 11.9 Å². The topological polar surface area (TPSA) is 114 Å². The lowest BCUT2D eigenvalue weighted by Gasteiger charge is -2.21. The number of tetrazole rings is 1. The van der Waals surface area contributed by atoms with Gasteiger partial charge in [-0.05, 0) is 43.7 Å². The van der Waals surface area contributed by atoms with Crippen LogP contribution in [0.15, 0.2) is 12.1 Å². The van der Waals surface area contributed by atoms with Crippen molar-refractivity contribution in [2.75, 3.05) is 19.0 Å². The van der Waals surface area contributed by atoms with E-state index in [1.807, 2.05) is 20.8 Å². The molecule has 25 heavy (non-hydrogen) atoms. The molecule has 1 aromatic carbocycles. The monoisotopic (exact) mass is 368 g/mol. The predicted molar refractivity (Wildman–Crippen MR) is 92.9 cm³/mol. The summed E-state index contributed by atoms with van der Waals surface area (Å²) in [5, 5.41) is 19.5. The van der Waals surface area contributed by atoms with Crippen LogP contribution in [-0.4, -0.2) is 45.8 Å². The molecule has 1 aromatic heterocycles. The number of carbonyl (C=O) groups is 1. The second-order valence-corrected chi connectivity index (χ2v) is 6.69. The van der Waals surface area contributed by atoms with Crippen LogP contribution in [0.1, 0.15) is 26.3 Å². The number of benzene rings is 1. The minimum Gasteiger partial charge on any atom is -0.493 e. The number of hydrogen-bond donors (Lipinski definition) is 3. The first-order valence-electron chi connectivity index (χ1n) is 7.56. The zero-order valence-corrected chi connectivity index (χ0v) is 15.3. The molecule has 10 heteroatoms. The number of carbonyl (C=O) groups excluding carboxylic acids is 1. The van der Waals surface area contributed by atoms with E-state index in [1.54, 1.807) is 12.1 Å². The largest absolute Gasteiger partial charge is 0.493 e. The van der Waals surface area contributed by atoms with Crippen molar-refractivity contribution in [2.24, 2.45) is 0 Å². The Hall–Kier alpha value is -2.55. The molecule has 0 aliphatic carbocycles. The molecule has 0 saturated heterocycles. The van der Waals surface area contributed by atoms with Gasteiger partial charge in [0.15, 0.2) is 18.1 Å². The Morgan fingerprint density at radius 3 is 2.72 bits per heavy atom. The molecule has 0 unspecified atom stereocenters. The summed E-state index contributed by atoms with van der Waals surface area (Å²) in [7, 11) is 1.50. The first-order valence-corrected chi connectivity index (χ1v) is 7.94. The van der Waals surface area contributed by atoms with E-state index in [-0.39, 0.29) is 18.1 Å². The Kier molecular flexibility index (Phi) is 6.02. The maximum Gasteiger partial charge on any atom is 0.263 e. The van der Waals surface area contributed by atoms with E-state index in [2.05, 4.69) is 31.3 Å². The van der Waals surface area contributed by atoms with Gasteiger partial charge >= 0.3 is 0 Å². The first kappa shape index (κ1) is 18.8. The second kappa shape index (κ2) is 8.02. The van der Waals surface area contributed by atoms with E-state index in [0.717, 1.165) is 5.56 Å². The Morgan fingerprint density at radius 2 is 2.12 bits per heavy atom. The third kappa shape index (κ3) is 5.79. The first-order chi connectivity index (χ1) is 11.8. The molecular formula is C15H21ClN6O3. The SMILES string of the molecule is COc1cc(CNc2nn[nH]n2)cc(Cl)c1OCC(=O)NC(C)(C)C. The van der Waals surface area contributed by atoms with Crippen molar-refractivity contribution in [3.05, 3.63) is 22.7 Å². The third-order valence-corrected chi connectivity index (χ3v) is 3.23. The Labute approximate surface area is 150 Å². The molecule has 0 aliphatic heterocycles. The van der Waals surface area contributed by atoms with E-state index >= 15 is 0 Å². The van der Waals surface area contributed by atoms with Gasteiger partial charge in [-0.1, -0.05) is 16.7 Å². The summed E-state index contributed by atoms with van der Waals surface area (Å²) in [6.07, 6.45) is 0. The number of ether oxygens (including phenoxy) is 2. The summed E-state index contributed by atoms with van der Waals surface area (Å²) in [5.41, 5.74) is 0.497. The fourth-order valence-electron chi connectivity index (χ4n) is 2.03. The number of aromatic nitrogens is 4. The molecule has 3 N–H and O–H groups in total. The minimum atomic E-state index is -0.334. The Bertz CT molecular complexity index is 715. The highest BCUT2D eigenvalue weighted by Gasteiger charge is 2.17. The molecule has 0 bridgehead atoms. The van der Waals surface area contributed by atoms with E-state index in [0.29, 0.717) is 29.0 Å². The van der Waals surface area contributed by atoms with Crippen LogP contribution in [0.4, 0.5) is 5.95 Å². The van der Waals surface area contributed by atoms with Gasteiger partial charge in [0, 0.05) is 12.1 Å². The van der Waals surface area contributed by atoms with Gasteiger partial charge < -0.3 is 20.1 Å². The van der Waals surface area contributed by atoms with Crippen LogP contribution in [0, 0.1) is 0 Å². The van der Waals surface area contributed by atoms with Crippen molar-refractivity contribution in [1.29, 1.82) is 0 Å². The number of methoxy groups -OCH3 is 1. The predicted octanol–water partition coefficient (Wildman–Crippen LogP) is 1.77. The average molecular weight is 369 g/mol. The van der Waals surface area contributed by atoms with Gasteiger partial charge in [-0.25, -0.2) is 0 Å². The van der Waals surface area contributed by atoms with Crippen molar-refractivity contribution in [2.45, 2.75) is 32.9 Å². The summed E-state index contributed by atoms with van der Waals surface area (Å²) >= 11 is 6.28. The van der Waals surface area contributed by atoms with Crippen LogP contribution in [0.3, 0.4) is 0 Å². The quantitative estimate of drug-likeness (QED) is 0.682. The van der Waals surface area contributed by atoms with Gasteiger partial charge in [0.2, 0.25) is 0 Å². The maximum absolute atomic E-state index is 11.9. The zero-order chi connectivity index (χ0) is 18.4. The molecule has 0 spiro atoms. The second-order valence-electron chi connectivity index (χ2n) is 6.28. The summed E-state index contributed by atoms with van der Waals surface area (Å²) in [6.45, 7) is 5.94. The average Bonchev–Trinajstić information content (AvgIpc) is 3.03. The normalized spacial score (nSPS) is 11.1. The van der Waals surface area contributed by atoms with E-state index in [9.17, 15) is 4.79 Å². The summed E-state index contributed by atoms with van der Waals surface area (Å²) in [6, 6.07) is 3.48. The van der Waals surface area contributed by atoms with Crippen molar-refractivity contribution in [3.63, 3.8) is 0 Å². The fourth-order valence-corrected chi connectivity index (χ4v) is 2.31. The third-order valence-electron chi connectivity index (χ3n) is 2.95. The minimum absolute atomic E-state index is 0.159. The summed E-state index contributed by atoms with van der Waals surface area (Å²) in [5.74, 6) is 0.875. The lowest BCUT2D eigenvalue weighted by atomic mass is 10.1. The number of anilines is 1. The molecule has 1 heterocycles.